The first-order chi connectivity index (χ1) is 7.56. The maximum Gasteiger partial charge on any atom is 0.0936 e. The summed E-state index contributed by atoms with van der Waals surface area (Å²) in [5.41, 5.74) is 5.60. The summed E-state index contributed by atoms with van der Waals surface area (Å²) >= 11 is 4.97. The van der Waals surface area contributed by atoms with Gasteiger partial charge in [0.1, 0.15) is 0 Å². The number of thiocarbonyl (C=S) groups is 1. The summed E-state index contributed by atoms with van der Waals surface area (Å²) in [4.78, 5) is 2.89. The molecule has 0 spiro atoms. The molecular formula is C11H22N2O2S. The number of aliphatic hydroxyl groups excluding tert-OH is 1. The SMILES string of the molecule is CCC(CC(N)=S)N1CC(C)OC(CO)C1. The van der Waals surface area contributed by atoms with Gasteiger partial charge in [0.05, 0.1) is 23.8 Å². The summed E-state index contributed by atoms with van der Waals surface area (Å²) in [6.07, 6.45) is 1.84. The lowest BCUT2D eigenvalue weighted by Gasteiger charge is -2.40. The predicted molar refractivity (Wildman–Crippen MR) is 68.5 cm³/mol. The molecule has 1 rings (SSSR count). The minimum Gasteiger partial charge on any atom is -0.394 e. The average Bonchev–Trinajstić information content (AvgIpc) is 2.24. The number of ether oxygens (including phenoxy) is 1. The summed E-state index contributed by atoms with van der Waals surface area (Å²) in [5, 5.41) is 9.16. The molecule has 3 atom stereocenters. The highest BCUT2D eigenvalue weighted by Gasteiger charge is 2.28. The number of nitrogens with two attached hydrogens (primary N) is 1. The Morgan fingerprint density at radius 3 is 2.81 bits per heavy atom. The van der Waals surface area contributed by atoms with Crippen molar-refractivity contribution < 1.29 is 9.84 Å². The van der Waals surface area contributed by atoms with Crippen molar-refractivity contribution in [1.82, 2.24) is 4.90 Å². The van der Waals surface area contributed by atoms with Crippen LogP contribution in [-0.4, -0.2) is 52.9 Å². The van der Waals surface area contributed by atoms with Gasteiger partial charge in [-0.05, 0) is 13.3 Å². The van der Waals surface area contributed by atoms with Crippen LogP contribution in [0.3, 0.4) is 0 Å². The molecule has 0 radical (unpaired) electrons. The van der Waals surface area contributed by atoms with Gasteiger partial charge in [0, 0.05) is 25.6 Å². The molecule has 3 N–H and O–H groups in total. The van der Waals surface area contributed by atoms with Gasteiger partial charge in [-0.3, -0.25) is 4.90 Å². The van der Waals surface area contributed by atoms with Gasteiger partial charge in [-0.25, -0.2) is 0 Å². The summed E-state index contributed by atoms with van der Waals surface area (Å²) in [6, 6.07) is 0.373. The molecule has 0 bridgehead atoms. The number of nitrogens with zero attached hydrogens (tertiary/aromatic N) is 1. The Bertz CT molecular complexity index is 238. The Morgan fingerprint density at radius 1 is 1.62 bits per heavy atom. The van der Waals surface area contributed by atoms with E-state index < -0.39 is 0 Å². The van der Waals surface area contributed by atoms with Gasteiger partial charge < -0.3 is 15.6 Å². The minimum atomic E-state index is -0.0795. The van der Waals surface area contributed by atoms with Crippen LogP contribution in [0.15, 0.2) is 0 Å². The molecule has 1 saturated heterocycles. The lowest BCUT2D eigenvalue weighted by molar-refractivity contribution is -0.105. The average molecular weight is 246 g/mol. The Hall–Kier alpha value is -0.230. The van der Waals surface area contributed by atoms with E-state index in [0.29, 0.717) is 11.0 Å². The van der Waals surface area contributed by atoms with Crippen LogP contribution >= 0.6 is 12.2 Å². The normalized spacial score (nSPS) is 28.9. The van der Waals surface area contributed by atoms with E-state index in [9.17, 15) is 0 Å². The van der Waals surface area contributed by atoms with Gasteiger partial charge in [0.15, 0.2) is 0 Å². The van der Waals surface area contributed by atoms with Crippen LogP contribution in [0.5, 0.6) is 0 Å². The van der Waals surface area contributed by atoms with E-state index in [1.807, 2.05) is 6.92 Å². The molecule has 0 aliphatic carbocycles. The van der Waals surface area contributed by atoms with Gasteiger partial charge in [0.2, 0.25) is 0 Å². The Balaban J connectivity index is 2.58. The fourth-order valence-electron chi connectivity index (χ4n) is 2.24. The van der Waals surface area contributed by atoms with Crippen molar-refractivity contribution in [3.8, 4) is 0 Å². The molecule has 16 heavy (non-hydrogen) atoms. The number of morpholine rings is 1. The third kappa shape index (κ3) is 3.97. The summed E-state index contributed by atoms with van der Waals surface area (Å²) < 4.78 is 5.61. The molecule has 4 nitrogen and oxygen atoms in total. The molecule has 1 aliphatic rings. The molecule has 5 heteroatoms. The second-order valence-corrected chi connectivity index (χ2v) is 4.96. The van der Waals surface area contributed by atoms with E-state index in [4.69, 9.17) is 27.8 Å². The first-order valence-corrected chi connectivity index (χ1v) is 6.26. The lowest BCUT2D eigenvalue weighted by Crippen LogP contribution is -2.52. The van der Waals surface area contributed by atoms with E-state index in [2.05, 4.69) is 11.8 Å². The highest BCUT2D eigenvalue weighted by Crippen LogP contribution is 2.17. The Morgan fingerprint density at radius 2 is 2.31 bits per heavy atom. The third-order valence-electron chi connectivity index (χ3n) is 2.98. The molecule has 0 amide bonds. The van der Waals surface area contributed by atoms with E-state index in [-0.39, 0.29) is 18.8 Å². The fraction of sp³-hybridized carbons (Fsp3) is 0.909. The zero-order valence-corrected chi connectivity index (χ0v) is 10.9. The standard InChI is InChI=1S/C11H22N2O2S/c1-3-9(4-11(12)16)13-5-8(2)15-10(6-13)7-14/h8-10,14H,3-7H2,1-2H3,(H2,12,16). The van der Waals surface area contributed by atoms with Crippen LogP contribution in [0.2, 0.25) is 0 Å². The van der Waals surface area contributed by atoms with Crippen LogP contribution in [0.25, 0.3) is 0 Å². The maximum atomic E-state index is 9.16. The summed E-state index contributed by atoms with van der Waals surface area (Å²) in [7, 11) is 0. The van der Waals surface area contributed by atoms with Crippen LogP contribution in [-0.2, 0) is 4.74 Å². The minimum absolute atomic E-state index is 0.0738. The fourth-order valence-corrected chi connectivity index (χ4v) is 2.44. The van der Waals surface area contributed by atoms with Gasteiger partial charge in [-0.2, -0.15) is 0 Å². The van der Waals surface area contributed by atoms with Crippen molar-refractivity contribution >= 4 is 17.2 Å². The monoisotopic (exact) mass is 246 g/mol. The Kier molecular flexibility index (Phi) is 5.61. The Labute approximate surface area is 103 Å². The van der Waals surface area contributed by atoms with Crippen molar-refractivity contribution in [3.63, 3.8) is 0 Å². The van der Waals surface area contributed by atoms with E-state index >= 15 is 0 Å². The predicted octanol–water partition coefficient (Wildman–Crippen LogP) is 0.523. The largest absolute Gasteiger partial charge is 0.394 e. The lowest BCUT2D eigenvalue weighted by atomic mass is 10.1. The molecule has 0 saturated carbocycles. The molecule has 1 fully saturated rings. The smallest absolute Gasteiger partial charge is 0.0936 e. The van der Waals surface area contributed by atoms with E-state index in [0.717, 1.165) is 25.9 Å². The molecule has 3 unspecified atom stereocenters. The zero-order chi connectivity index (χ0) is 12.1. The number of hydrogen-bond donors (Lipinski definition) is 2. The molecule has 94 valence electrons. The number of hydrogen-bond acceptors (Lipinski definition) is 4. The molecule has 0 aromatic rings. The maximum absolute atomic E-state index is 9.16. The first kappa shape index (κ1) is 13.8. The molecule has 0 aromatic heterocycles. The second-order valence-electron chi connectivity index (χ2n) is 4.44. The third-order valence-corrected chi connectivity index (χ3v) is 3.15. The first-order valence-electron chi connectivity index (χ1n) is 5.85. The highest BCUT2D eigenvalue weighted by atomic mass is 32.1. The second kappa shape index (κ2) is 6.49. The van der Waals surface area contributed by atoms with E-state index in [1.54, 1.807) is 0 Å². The van der Waals surface area contributed by atoms with E-state index in [1.165, 1.54) is 0 Å². The quantitative estimate of drug-likeness (QED) is 0.693. The number of aliphatic hydroxyl groups is 1. The van der Waals surface area contributed by atoms with Gasteiger partial charge >= 0.3 is 0 Å². The van der Waals surface area contributed by atoms with Crippen molar-refractivity contribution in [2.24, 2.45) is 5.73 Å². The molecule has 1 aliphatic heterocycles. The molecule has 1 heterocycles. The number of rotatable bonds is 5. The van der Waals surface area contributed by atoms with Crippen LogP contribution in [0.4, 0.5) is 0 Å². The van der Waals surface area contributed by atoms with Crippen LogP contribution in [0, 0.1) is 0 Å². The van der Waals surface area contributed by atoms with Crippen LogP contribution in [0.1, 0.15) is 26.7 Å². The van der Waals surface area contributed by atoms with Crippen molar-refractivity contribution in [2.75, 3.05) is 19.7 Å². The molecular weight excluding hydrogens is 224 g/mol. The van der Waals surface area contributed by atoms with Gasteiger partial charge in [-0.15, -0.1) is 0 Å². The zero-order valence-electron chi connectivity index (χ0n) is 10.1. The summed E-state index contributed by atoms with van der Waals surface area (Å²) in [6.45, 7) is 5.89. The summed E-state index contributed by atoms with van der Waals surface area (Å²) in [5.74, 6) is 0. The van der Waals surface area contributed by atoms with Gasteiger partial charge in [0.25, 0.3) is 0 Å². The van der Waals surface area contributed by atoms with Gasteiger partial charge in [-0.1, -0.05) is 19.1 Å². The molecule has 0 aromatic carbocycles. The van der Waals surface area contributed by atoms with Crippen molar-refractivity contribution in [2.45, 2.75) is 44.9 Å². The highest BCUT2D eigenvalue weighted by molar-refractivity contribution is 7.80. The topological polar surface area (TPSA) is 58.7 Å². The van der Waals surface area contributed by atoms with Crippen LogP contribution < -0.4 is 5.73 Å². The van der Waals surface area contributed by atoms with Crippen molar-refractivity contribution in [3.05, 3.63) is 0 Å². The van der Waals surface area contributed by atoms with Crippen molar-refractivity contribution in [1.29, 1.82) is 0 Å².